The molecule has 0 aliphatic carbocycles. The number of hydrogen-bond donors (Lipinski definition) is 1. The lowest BCUT2D eigenvalue weighted by Gasteiger charge is -2.34. The summed E-state index contributed by atoms with van der Waals surface area (Å²) in [7, 11) is -3.62. The van der Waals surface area contributed by atoms with Crippen molar-refractivity contribution >= 4 is 10.0 Å². The van der Waals surface area contributed by atoms with Gasteiger partial charge in [-0.2, -0.15) is 4.31 Å². The Labute approximate surface area is 183 Å². The lowest BCUT2D eigenvalue weighted by atomic mass is 10.3. The first-order valence-electron chi connectivity index (χ1n) is 10.5. The maximum Gasteiger partial charge on any atom is 0.243 e. The van der Waals surface area contributed by atoms with Crippen molar-refractivity contribution in [2.24, 2.45) is 0 Å². The smallest absolute Gasteiger partial charge is 0.243 e. The normalized spacial score (nSPS) is 18.9. The topological polar surface area (TPSA) is 88.5 Å². The number of aliphatic hydroxyl groups is 1. The predicted octanol–water partition coefficient (Wildman–Crippen LogP) is 1.59. The highest BCUT2D eigenvalue weighted by Gasteiger charge is 2.30. The van der Waals surface area contributed by atoms with Crippen LogP contribution in [0.5, 0.6) is 17.2 Å². The zero-order valence-corrected chi connectivity index (χ0v) is 18.2. The van der Waals surface area contributed by atoms with E-state index in [1.807, 2.05) is 30.3 Å². The summed E-state index contributed by atoms with van der Waals surface area (Å²) in [6.07, 6.45) is 0.117. The number of aliphatic hydroxyl groups excluding tert-OH is 1. The zero-order valence-electron chi connectivity index (χ0n) is 17.4. The van der Waals surface area contributed by atoms with Crippen LogP contribution in [0.1, 0.15) is 6.42 Å². The maximum absolute atomic E-state index is 13.1. The number of ether oxygens (including phenoxy) is 3. The molecule has 0 radical (unpaired) electrons. The van der Waals surface area contributed by atoms with Gasteiger partial charge in [-0.3, -0.25) is 4.90 Å². The monoisotopic (exact) mass is 448 g/mol. The van der Waals surface area contributed by atoms with Gasteiger partial charge in [0.1, 0.15) is 18.5 Å². The second-order valence-corrected chi connectivity index (χ2v) is 9.58. The highest BCUT2D eigenvalue weighted by atomic mass is 32.2. The molecule has 2 aromatic rings. The molecule has 2 aromatic carbocycles. The average molecular weight is 449 g/mol. The Morgan fingerprint density at radius 1 is 0.968 bits per heavy atom. The van der Waals surface area contributed by atoms with Crippen LogP contribution in [0.4, 0.5) is 0 Å². The van der Waals surface area contributed by atoms with Crippen molar-refractivity contribution < 1.29 is 27.7 Å². The fourth-order valence-electron chi connectivity index (χ4n) is 3.67. The lowest BCUT2D eigenvalue weighted by Crippen LogP contribution is -2.50. The Morgan fingerprint density at radius 3 is 2.42 bits per heavy atom. The molecule has 1 atom stereocenters. The van der Waals surface area contributed by atoms with Gasteiger partial charge in [-0.05, 0) is 24.3 Å². The van der Waals surface area contributed by atoms with E-state index in [2.05, 4.69) is 4.90 Å². The SMILES string of the molecule is O=S(=O)(c1ccc2c(c1)OCCCO2)N1CCN(C[C@@H](O)COc2ccccc2)CC1. The molecule has 4 rings (SSSR count). The van der Waals surface area contributed by atoms with E-state index in [1.165, 1.54) is 4.31 Å². The average Bonchev–Trinajstić information content (AvgIpc) is 3.04. The molecular formula is C22H28N2O6S. The van der Waals surface area contributed by atoms with Gasteiger partial charge >= 0.3 is 0 Å². The third-order valence-electron chi connectivity index (χ3n) is 5.34. The summed E-state index contributed by atoms with van der Waals surface area (Å²) in [6, 6.07) is 14.1. The van der Waals surface area contributed by atoms with Crippen molar-refractivity contribution in [3.63, 3.8) is 0 Å². The van der Waals surface area contributed by atoms with Crippen LogP contribution in [0.15, 0.2) is 53.4 Å². The van der Waals surface area contributed by atoms with Crippen molar-refractivity contribution in [3.05, 3.63) is 48.5 Å². The Bertz CT molecular complexity index is 961. The van der Waals surface area contributed by atoms with Crippen LogP contribution in [0.2, 0.25) is 0 Å². The number of benzene rings is 2. The minimum atomic E-state index is -3.62. The fourth-order valence-corrected chi connectivity index (χ4v) is 5.10. The second-order valence-electron chi connectivity index (χ2n) is 7.64. The van der Waals surface area contributed by atoms with Crippen LogP contribution in [0, 0.1) is 0 Å². The molecule has 0 aromatic heterocycles. The molecule has 0 amide bonds. The summed E-state index contributed by atoms with van der Waals surface area (Å²) in [6.45, 7) is 3.52. The Balaban J connectivity index is 1.30. The van der Waals surface area contributed by atoms with E-state index >= 15 is 0 Å². The van der Waals surface area contributed by atoms with E-state index in [4.69, 9.17) is 14.2 Å². The first-order chi connectivity index (χ1) is 15.0. The van der Waals surface area contributed by atoms with E-state index in [9.17, 15) is 13.5 Å². The van der Waals surface area contributed by atoms with Gasteiger partial charge in [0.05, 0.1) is 18.1 Å². The molecule has 1 saturated heterocycles. The molecule has 0 saturated carbocycles. The molecular weight excluding hydrogens is 420 g/mol. The number of fused-ring (bicyclic) bond motifs is 1. The second kappa shape index (κ2) is 9.86. The molecule has 168 valence electrons. The van der Waals surface area contributed by atoms with Gasteiger partial charge in [0.2, 0.25) is 10.0 Å². The van der Waals surface area contributed by atoms with Gasteiger partial charge in [-0.25, -0.2) is 8.42 Å². The molecule has 1 N–H and O–H groups in total. The van der Waals surface area contributed by atoms with E-state index in [0.29, 0.717) is 63.2 Å². The molecule has 0 bridgehead atoms. The van der Waals surface area contributed by atoms with Gasteiger partial charge in [-0.15, -0.1) is 0 Å². The van der Waals surface area contributed by atoms with Gasteiger partial charge in [0, 0.05) is 45.2 Å². The molecule has 0 unspecified atom stereocenters. The van der Waals surface area contributed by atoms with Crippen molar-refractivity contribution in [2.75, 3.05) is 52.5 Å². The molecule has 9 heteroatoms. The van der Waals surface area contributed by atoms with Crippen LogP contribution in [0.3, 0.4) is 0 Å². The molecule has 2 aliphatic heterocycles. The quantitative estimate of drug-likeness (QED) is 0.688. The summed E-state index contributed by atoms with van der Waals surface area (Å²) in [5, 5.41) is 10.3. The molecule has 2 heterocycles. The highest BCUT2D eigenvalue weighted by Crippen LogP contribution is 2.33. The first kappa shape index (κ1) is 21.9. The summed E-state index contributed by atoms with van der Waals surface area (Å²) in [5.74, 6) is 1.76. The lowest BCUT2D eigenvalue weighted by molar-refractivity contribution is 0.0569. The maximum atomic E-state index is 13.1. The highest BCUT2D eigenvalue weighted by molar-refractivity contribution is 7.89. The standard InChI is InChI=1S/C22H28N2O6S/c25-18(17-30-19-5-2-1-3-6-19)16-23-9-11-24(12-10-23)31(26,27)20-7-8-21-22(15-20)29-14-4-13-28-21/h1-3,5-8,15,18,25H,4,9-14,16-17H2/t18-/m1/s1. The number of piperazine rings is 1. The van der Waals surface area contributed by atoms with Gasteiger partial charge in [0.15, 0.2) is 11.5 Å². The minimum Gasteiger partial charge on any atom is -0.491 e. The third-order valence-corrected chi connectivity index (χ3v) is 7.24. The number of sulfonamides is 1. The largest absolute Gasteiger partial charge is 0.491 e. The fraction of sp³-hybridized carbons (Fsp3) is 0.455. The zero-order chi connectivity index (χ0) is 21.7. The van der Waals surface area contributed by atoms with Crippen LogP contribution < -0.4 is 14.2 Å². The minimum absolute atomic E-state index is 0.194. The predicted molar refractivity (Wildman–Crippen MR) is 115 cm³/mol. The Hall–Kier alpha value is -2.33. The number of hydrogen-bond acceptors (Lipinski definition) is 7. The van der Waals surface area contributed by atoms with E-state index in [0.717, 1.165) is 6.42 Å². The van der Waals surface area contributed by atoms with Gasteiger partial charge in [0.25, 0.3) is 0 Å². The summed E-state index contributed by atoms with van der Waals surface area (Å²) in [4.78, 5) is 2.26. The molecule has 0 spiro atoms. The van der Waals surface area contributed by atoms with E-state index in [1.54, 1.807) is 18.2 Å². The van der Waals surface area contributed by atoms with Crippen LogP contribution in [-0.2, 0) is 10.0 Å². The van der Waals surface area contributed by atoms with Gasteiger partial charge in [-0.1, -0.05) is 18.2 Å². The summed E-state index contributed by atoms with van der Waals surface area (Å²) >= 11 is 0. The van der Waals surface area contributed by atoms with E-state index in [-0.39, 0.29) is 11.5 Å². The summed E-state index contributed by atoms with van der Waals surface area (Å²) < 4.78 is 44.5. The molecule has 2 aliphatic rings. The van der Waals surface area contributed by atoms with Gasteiger partial charge < -0.3 is 19.3 Å². The molecule has 8 nitrogen and oxygen atoms in total. The van der Waals surface area contributed by atoms with Crippen molar-refractivity contribution in [1.82, 2.24) is 9.21 Å². The third kappa shape index (κ3) is 5.48. The van der Waals surface area contributed by atoms with E-state index < -0.39 is 16.1 Å². The number of para-hydroxylation sites is 1. The Morgan fingerprint density at radius 2 is 1.68 bits per heavy atom. The van der Waals surface area contributed by atoms with Crippen molar-refractivity contribution in [1.29, 1.82) is 0 Å². The number of β-amino-alcohol motifs (C(OH)–C–C–N with tert-alkyl or cyclic N) is 1. The number of rotatable bonds is 7. The first-order valence-corrected chi connectivity index (χ1v) is 11.9. The Kier molecular flexibility index (Phi) is 6.96. The van der Waals surface area contributed by atoms with Crippen LogP contribution in [-0.4, -0.2) is 81.4 Å². The van der Waals surface area contributed by atoms with Crippen LogP contribution >= 0.6 is 0 Å². The molecule has 1 fully saturated rings. The molecule has 31 heavy (non-hydrogen) atoms. The van der Waals surface area contributed by atoms with Crippen molar-refractivity contribution in [2.45, 2.75) is 17.4 Å². The number of nitrogens with zero attached hydrogens (tertiary/aromatic N) is 2. The van der Waals surface area contributed by atoms with Crippen molar-refractivity contribution in [3.8, 4) is 17.2 Å². The van der Waals surface area contributed by atoms with Crippen LogP contribution in [0.25, 0.3) is 0 Å². The summed E-state index contributed by atoms with van der Waals surface area (Å²) in [5.41, 5.74) is 0.